The predicted octanol–water partition coefficient (Wildman–Crippen LogP) is 11.7. The first kappa shape index (κ1) is 51.0. The predicted molar refractivity (Wildman–Crippen MR) is 221 cm³/mol. The van der Waals surface area contributed by atoms with Crippen LogP contribution in [0.15, 0.2) is 24.3 Å². The Hall–Kier alpha value is -1.02. The number of carbonyl (C=O) groups excluding carboxylic acids is 1. The smallest absolute Gasteiger partial charge is 0.387 e. The monoisotopic (exact) mass is 758 g/mol. The Morgan fingerprint density at radius 3 is 1.48 bits per heavy atom. The molecule has 0 bridgehead atoms. The lowest BCUT2D eigenvalue weighted by Crippen LogP contribution is -2.45. The number of rotatable bonds is 39. The van der Waals surface area contributed by atoms with Gasteiger partial charge in [0.15, 0.2) is 0 Å². The van der Waals surface area contributed by atoms with Crippen LogP contribution in [0, 0.1) is 0 Å². The largest absolute Gasteiger partial charge is 0.472 e. The number of hydrogen-bond acceptors (Lipinski definition) is 5. The van der Waals surface area contributed by atoms with Gasteiger partial charge in [0.2, 0.25) is 5.91 Å². The van der Waals surface area contributed by atoms with Gasteiger partial charge in [-0.25, -0.2) is 4.57 Å². The van der Waals surface area contributed by atoms with Gasteiger partial charge in [-0.15, -0.1) is 0 Å². The number of amides is 1. The molecule has 0 heterocycles. The maximum atomic E-state index is 12.8. The number of nitrogens with zero attached hydrogens (tertiary/aromatic N) is 1. The van der Waals surface area contributed by atoms with Gasteiger partial charge in [-0.2, -0.15) is 0 Å². The van der Waals surface area contributed by atoms with E-state index < -0.39 is 20.0 Å². The van der Waals surface area contributed by atoms with Crippen molar-refractivity contribution in [2.45, 2.75) is 206 Å². The summed E-state index contributed by atoms with van der Waals surface area (Å²) in [6, 6.07) is -0.846. The second-order valence-corrected chi connectivity index (χ2v) is 17.5. The molecule has 0 aliphatic carbocycles. The summed E-state index contributed by atoms with van der Waals surface area (Å²) in [5.74, 6) is -0.186. The first-order valence-electron chi connectivity index (χ1n) is 21.7. The van der Waals surface area contributed by atoms with Gasteiger partial charge < -0.3 is 19.8 Å². The molecular formula is C43H86N2O6P+. The minimum absolute atomic E-state index is 0.0609. The van der Waals surface area contributed by atoms with Crippen molar-refractivity contribution in [3.05, 3.63) is 24.3 Å². The zero-order valence-corrected chi connectivity index (χ0v) is 35.7. The van der Waals surface area contributed by atoms with Gasteiger partial charge in [0.25, 0.3) is 0 Å². The number of quaternary nitrogens is 1. The molecule has 0 spiro atoms. The van der Waals surface area contributed by atoms with Gasteiger partial charge in [-0.05, 0) is 44.9 Å². The van der Waals surface area contributed by atoms with Crippen LogP contribution < -0.4 is 5.32 Å². The van der Waals surface area contributed by atoms with E-state index in [9.17, 15) is 19.4 Å². The van der Waals surface area contributed by atoms with Crippen LogP contribution in [0.5, 0.6) is 0 Å². The number of phosphoric ester groups is 1. The molecule has 0 aromatic rings. The SMILES string of the molecule is CCCCCCCCC/C=C\CCCCCCCC(=O)NC(COP(=O)(O)OCC[N+](C)(C)C)C(O)/C=C/CCCCCCCCCCCCCC. The number of aliphatic hydroxyl groups is 1. The number of unbranched alkanes of at least 4 members (excludes halogenated alkanes) is 24. The van der Waals surface area contributed by atoms with E-state index in [0.717, 1.165) is 51.4 Å². The second kappa shape index (κ2) is 35.7. The molecule has 3 N–H and O–H groups in total. The number of hydrogen-bond donors (Lipinski definition) is 3. The molecule has 3 unspecified atom stereocenters. The Labute approximate surface area is 322 Å². The third kappa shape index (κ3) is 37.3. The molecule has 52 heavy (non-hydrogen) atoms. The van der Waals surface area contributed by atoms with Crippen molar-refractivity contribution in [1.29, 1.82) is 0 Å². The van der Waals surface area contributed by atoms with Crippen LogP contribution in [0.3, 0.4) is 0 Å². The molecule has 0 aliphatic rings. The standard InChI is InChI=1S/C43H85N2O6P/c1-6-8-10-12-14-16-18-20-22-23-25-27-29-31-33-35-37-43(47)44-41(40-51-52(48,49)50-39-38-45(3,4)5)42(46)36-34-32-30-28-26-24-21-19-17-15-13-11-9-7-2/h22-23,34,36,41-42,46H,6-21,24-33,35,37-40H2,1-5H3,(H-,44,47,48,49)/p+1/b23-22-,36-34+. The van der Waals surface area contributed by atoms with Crippen LogP contribution in [0.25, 0.3) is 0 Å². The normalized spacial score (nSPS) is 14.7. The number of phosphoric acid groups is 1. The molecule has 0 fully saturated rings. The number of carbonyl (C=O) groups is 1. The number of nitrogens with one attached hydrogen (secondary N) is 1. The van der Waals surface area contributed by atoms with Gasteiger partial charge in [0, 0.05) is 6.42 Å². The lowest BCUT2D eigenvalue weighted by atomic mass is 10.0. The maximum absolute atomic E-state index is 12.8. The summed E-state index contributed by atoms with van der Waals surface area (Å²) in [4.78, 5) is 23.1. The second-order valence-electron chi connectivity index (χ2n) is 16.1. The lowest BCUT2D eigenvalue weighted by Gasteiger charge is -2.25. The van der Waals surface area contributed by atoms with Crippen LogP contribution in [0.4, 0.5) is 0 Å². The van der Waals surface area contributed by atoms with Crippen molar-refractivity contribution >= 4 is 13.7 Å². The number of aliphatic hydroxyl groups excluding tert-OH is 1. The highest BCUT2D eigenvalue weighted by atomic mass is 31.2. The molecular weight excluding hydrogens is 671 g/mol. The average Bonchev–Trinajstić information content (AvgIpc) is 3.09. The molecule has 1 amide bonds. The quantitative estimate of drug-likeness (QED) is 0.0250. The van der Waals surface area contributed by atoms with E-state index in [1.165, 1.54) is 122 Å². The summed E-state index contributed by atoms with van der Waals surface area (Å²) in [7, 11) is 1.57. The highest BCUT2D eigenvalue weighted by molar-refractivity contribution is 7.47. The van der Waals surface area contributed by atoms with Crippen LogP contribution in [-0.4, -0.2) is 73.4 Å². The summed E-state index contributed by atoms with van der Waals surface area (Å²) < 4.78 is 23.5. The zero-order valence-electron chi connectivity index (χ0n) is 34.8. The molecule has 8 nitrogen and oxygen atoms in total. The minimum Gasteiger partial charge on any atom is -0.387 e. The van der Waals surface area contributed by atoms with E-state index in [1.54, 1.807) is 6.08 Å². The van der Waals surface area contributed by atoms with Crippen molar-refractivity contribution in [3.8, 4) is 0 Å². The first-order chi connectivity index (χ1) is 25.0. The first-order valence-corrected chi connectivity index (χ1v) is 23.2. The molecule has 0 saturated carbocycles. The Balaban J connectivity index is 4.46. The Morgan fingerprint density at radius 1 is 0.635 bits per heavy atom. The highest BCUT2D eigenvalue weighted by Crippen LogP contribution is 2.43. The summed E-state index contributed by atoms with van der Waals surface area (Å²) in [5, 5.41) is 13.8. The van der Waals surface area contributed by atoms with E-state index in [1.807, 2.05) is 27.2 Å². The molecule has 0 aromatic heterocycles. The van der Waals surface area contributed by atoms with E-state index in [0.29, 0.717) is 17.4 Å². The zero-order chi connectivity index (χ0) is 38.6. The van der Waals surface area contributed by atoms with Crippen LogP contribution in [0.1, 0.15) is 194 Å². The molecule has 0 aromatic carbocycles. The minimum atomic E-state index is -4.33. The highest BCUT2D eigenvalue weighted by Gasteiger charge is 2.27. The van der Waals surface area contributed by atoms with Crippen LogP contribution in [0.2, 0.25) is 0 Å². The summed E-state index contributed by atoms with van der Waals surface area (Å²) in [6.07, 6.45) is 40.9. The maximum Gasteiger partial charge on any atom is 0.472 e. The fourth-order valence-corrected chi connectivity index (χ4v) is 6.89. The van der Waals surface area contributed by atoms with Crippen LogP contribution >= 0.6 is 7.82 Å². The van der Waals surface area contributed by atoms with E-state index in [2.05, 4.69) is 31.3 Å². The Bertz CT molecular complexity index is 907. The Morgan fingerprint density at radius 2 is 1.04 bits per heavy atom. The molecule has 9 heteroatoms. The lowest BCUT2D eigenvalue weighted by molar-refractivity contribution is -0.870. The summed E-state index contributed by atoms with van der Waals surface area (Å²) >= 11 is 0. The van der Waals surface area contributed by atoms with Crippen molar-refractivity contribution in [3.63, 3.8) is 0 Å². The molecule has 0 saturated heterocycles. The van der Waals surface area contributed by atoms with E-state index in [4.69, 9.17) is 9.05 Å². The summed E-state index contributed by atoms with van der Waals surface area (Å²) in [5.41, 5.74) is 0. The van der Waals surface area contributed by atoms with Crippen molar-refractivity contribution in [1.82, 2.24) is 5.32 Å². The van der Waals surface area contributed by atoms with Gasteiger partial charge in [0.05, 0.1) is 39.9 Å². The fraction of sp³-hybridized carbons (Fsp3) is 0.884. The van der Waals surface area contributed by atoms with Gasteiger partial charge in [-0.3, -0.25) is 13.8 Å². The van der Waals surface area contributed by atoms with Gasteiger partial charge >= 0.3 is 7.82 Å². The van der Waals surface area contributed by atoms with E-state index in [-0.39, 0.29) is 19.1 Å². The number of likely N-dealkylation sites (N-methyl/N-ethyl adjacent to an activating group) is 1. The van der Waals surface area contributed by atoms with Crippen LogP contribution in [-0.2, 0) is 18.4 Å². The average molecular weight is 758 g/mol. The third-order valence-electron chi connectivity index (χ3n) is 9.67. The van der Waals surface area contributed by atoms with E-state index >= 15 is 0 Å². The van der Waals surface area contributed by atoms with Crippen molar-refractivity contribution in [2.24, 2.45) is 0 Å². The van der Waals surface area contributed by atoms with Crippen molar-refractivity contribution < 1.29 is 32.9 Å². The van der Waals surface area contributed by atoms with Crippen molar-refractivity contribution in [2.75, 3.05) is 40.9 Å². The molecule has 308 valence electrons. The van der Waals surface area contributed by atoms with Gasteiger partial charge in [-0.1, -0.05) is 167 Å². The third-order valence-corrected chi connectivity index (χ3v) is 10.6. The topological polar surface area (TPSA) is 105 Å². The summed E-state index contributed by atoms with van der Waals surface area (Å²) in [6.45, 7) is 4.80. The molecule has 0 aliphatic heterocycles. The molecule has 0 radical (unpaired) electrons. The Kier molecular flexibility index (Phi) is 35.0. The molecule has 3 atom stereocenters. The fourth-order valence-electron chi connectivity index (χ4n) is 6.15. The number of allylic oxidation sites excluding steroid dienone is 3. The van der Waals surface area contributed by atoms with Gasteiger partial charge in [0.1, 0.15) is 13.2 Å². The molecule has 0 rings (SSSR count).